The third-order valence-electron chi connectivity index (χ3n) is 3.06. The minimum absolute atomic E-state index is 0.0786. The summed E-state index contributed by atoms with van der Waals surface area (Å²) >= 11 is 0. The fraction of sp³-hybridized carbons (Fsp3) is 0.462. The van der Waals surface area contributed by atoms with Gasteiger partial charge in [-0.3, -0.25) is 4.79 Å². The van der Waals surface area contributed by atoms with E-state index in [1.165, 1.54) is 0 Å². The maximum atomic E-state index is 10.7. The largest absolute Gasteiger partial charge is 0.486 e. The fourth-order valence-electron chi connectivity index (χ4n) is 1.90. The lowest BCUT2D eigenvalue weighted by molar-refractivity contribution is -0.137. The molecular weight excluding hydrogens is 234 g/mol. The maximum absolute atomic E-state index is 10.7. The Balaban J connectivity index is 2.15. The number of nitrogens with zero attached hydrogens (tertiary/aromatic N) is 1. The molecule has 1 atom stereocenters. The molecular formula is C13H17NO4. The van der Waals surface area contributed by atoms with E-state index in [0.29, 0.717) is 19.0 Å². The third-order valence-corrected chi connectivity index (χ3v) is 3.06. The number of hydrogen-bond donors (Lipinski definition) is 1. The molecule has 5 nitrogen and oxygen atoms in total. The van der Waals surface area contributed by atoms with Crippen molar-refractivity contribution in [1.29, 1.82) is 0 Å². The molecule has 1 heterocycles. The molecule has 0 saturated carbocycles. The van der Waals surface area contributed by atoms with E-state index in [1.54, 1.807) is 0 Å². The molecule has 2 rings (SSSR count). The van der Waals surface area contributed by atoms with Gasteiger partial charge < -0.3 is 19.5 Å². The van der Waals surface area contributed by atoms with Crippen molar-refractivity contribution in [3.8, 4) is 11.5 Å². The number of carboxylic acids is 1. The number of rotatable bonds is 4. The zero-order chi connectivity index (χ0) is 13.1. The van der Waals surface area contributed by atoms with E-state index in [1.807, 2.05) is 37.1 Å². The van der Waals surface area contributed by atoms with E-state index in [4.69, 9.17) is 14.6 Å². The van der Waals surface area contributed by atoms with Gasteiger partial charge in [-0.1, -0.05) is 0 Å². The second-order valence-corrected chi connectivity index (χ2v) is 4.39. The quantitative estimate of drug-likeness (QED) is 0.883. The lowest BCUT2D eigenvalue weighted by atomic mass is 10.1. The van der Waals surface area contributed by atoms with E-state index >= 15 is 0 Å². The summed E-state index contributed by atoms with van der Waals surface area (Å²) in [5.74, 6) is 0.657. The summed E-state index contributed by atoms with van der Waals surface area (Å²) in [5.41, 5.74) is 0.924. The lowest BCUT2D eigenvalue weighted by Gasteiger charge is -2.27. The molecule has 1 aliphatic rings. The van der Waals surface area contributed by atoms with E-state index in [2.05, 4.69) is 0 Å². The Morgan fingerprint density at radius 1 is 1.39 bits per heavy atom. The van der Waals surface area contributed by atoms with Crippen LogP contribution in [0.3, 0.4) is 0 Å². The highest BCUT2D eigenvalue weighted by molar-refractivity contribution is 5.68. The van der Waals surface area contributed by atoms with Gasteiger partial charge in [-0.2, -0.15) is 0 Å². The smallest absolute Gasteiger partial charge is 0.305 e. The average molecular weight is 251 g/mol. The third kappa shape index (κ3) is 2.67. The predicted molar refractivity (Wildman–Crippen MR) is 67.5 cm³/mol. The van der Waals surface area contributed by atoms with Crippen LogP contribution < -0.4 is 14.4 Å². The number of ether oxygens (including phenoxy) is 2. The van der Waals surface area contributed by atoms with Crippen LogP contribution >= 0.6 is 0 Å². The van der Waals surface area contributed by atoms with Crippen LogP contribution in [0.5, 0.6) is 11.5 Å². The van der Waals surface area contributed by atoms with Gasteiger partial charge in [0, 0.05) is 24.8 Å². The summed E-state index contributed by atoms with van der Waals surface area (Å²) in [6, 6.07) is 5.57. The minimum Gasteiger partial charge on any atom is -0.486 e. The average Bonchev–Trinajstić information content (AvgIpc) is 2.36. The van der Waals surface area contributed by atoms with Crippen molar-refractivity contribution in [2.24, 2.45) is 0 Å². The predicted octanol–water partition coefficient (Wildman–Crippen LogP) is 1.76. The first-order valence-electron chi connectivity index (χ1n) is 5.92. The molecule has 0 spiro atoms. The van der Waals surface area contributed by atoms with Crippen LogP contribution in [0.4, 0.5) is 5.69 Å². The van der Waals surface area contributed by atoms with Gasteiger partial charge in [-0.05, 0) is 19.1 Å². The number of hydrogen-bond acceptors (Lipinski definition) is 4. The highest BCUT2D eigenvalue weighted by Crippen LogP contribution is 2.34. The molecule has 0 fully saturated rings. The van der Waals surface area contributed by atoms with Gasteiger partial charge in [0.05, 0.1) is 6.42 Å². The van der Waals surface area contributed by atoms with Crippen LogP contribution in [-0.4, -0.2) is 37.4 Å². The minimum atomic E-state index is -0.799. The highest BCUT2D eigenvalue weighted by Gasteiger charge is 2.17. The highest BCUT2D eigenvalue weighted by atomic mass is 16.6. The number of aliphatic carboxylic acids is 1. The molecule has 1 N–H and O–H groups in total. The molecule has 98 valence electrons. The molecule has 0 amide bonds. The molecule has 1 aromatic carbocycles. The van der Waals surface area contributed by atoms with Gasteiger partial charge in [-0.15, -0.1) is 0 Å². The second kappa shape index (κ2) is 5.16. The molecule has 18 heavy (non-hydrogen) atoms. The van der Waals surface area contributed by atoms with Gasteiger partial charge in [0.1, 0.15) is 13.2 Å². The van der Waals surface area contributed by atoms with Crippen molar-refractivity contribution in [3.63, 3.8) is 0 Å². The number of anilines is 1. The summed E-state index contributed by atoms with van der Waals surface area (Å²) in [4.78, 5) is 12.6. The molecule has 0 aliphatic carbocycles. The number of carboxylic acid groups (broad SMARTS) is 1. The topological polar surface area (TPSA) is 59.0 Å². The van der Waals surface area contributed by atoms with Crippen LogP contribution in [0.1, 0.15) is 13.3 Å². The first kappa shape index (κ1) is 12.5. The molecule has 1 unspecified atom stereocenters. The van der Waals surface area contributed by atoms with E-state index in [0.717, 1.165) is 11.4 Å². The van der Waals surface area contributed by atoms with Crippen LogP contribution in [0.25, 0.3) is 0 Å². The zero-order valence-electron chi connectivity index (χ0n) is 10.5. The summed E-state index contributed by atoms with van der Waals surface area (Å²) in [6.45, 7) is 2.99. The fourth-order valence-corrected chi connectivity index (χ4v) is 1.90. The Morgan fingerprint density at radius 2 is 2.06 bits per heavy atom. The van der Waals surface area contributed by atoms with E-state index < -0.39 is 5.97 Å². The van der Waals surface area contributed by atoms with Gasteiger partial charge in [0.25, 0.3) is 0 Å². The van der Waals surface area contributed by atoms with Crippen LogP contribution in [0.15, 0.2) is 18.2 Å². The number of carbonyl (C=O) groups is 1. The van der Waals surface area contributed by atoms with Gasteiger partial charge in [0.15, 0.2) is 11.5 Å². The lowest BCUT2D eigenvalue weighted by Crippen LogP contribution is -2.31. The maximum Gasteiger partial charge on any atom is 0.305 e. The summed E-state index contributed by atoms with van der Waals surface area (Å²) < 4.78 is 11.0. The first-order valence-corrected chi connectivity index (χ1v) is 5.92. The van der Waals surface area contributed by atoms with Crippen molar-refractivity contribution in [2.45, 2.75) is 19.4 Å². The standard InChI is InChI=1S/C13H17NO4/c1-9(7-13(15)16)14(2)10-3-4-11-12(8-10)18-6-5-17-11/h3-4,8-9H,5-7H2,1-2H3,(H,15,16). The Hall–Kier alpha value is -1.91. The Kier molecular flexibility index (Phi) is 3.60. The Bertz CT molecular complexity index is 447. The van der Waals surface area contributed by atoms with Crippen LogP contribution in [-0.2, 0) is 4.79 Å². The number of fused-ring (bicyclic) bond motifs is 1. The van der Waals surface area contributed by atoms with Gasteiger partial charge >= 0.3 is 5.97 Å². The van der Waals surface area contributed by atoms with Crippen molar-refractivity contribution in [2.75, 3.05) is 25.2 Å². The molecule has 0 radical (unpaired) electrons. The second-order valence-electron chi connectivity index (χ2n) is 4.39. The Labute approximate surface area is 106 Å². The van der Waals surface area contributed by atoms with Crippen LogP contribution in [0, 0.1) is 0 Å². The monoisotopic (exact) mass is 251 g/mol. The normalized spacial score (nSPS) is 15.0. The molecule has 5 heteroatoms. The summed E-state index contributed by atoms with van der Waals surface area (Å²) in [6.07, 6.45) is 0.102. The molecule has 1 aliphatic heterocycles. The SMILES string of the molecule is CC(CC(=O)O)N(C)c1ccc2c(c1)OCCO2. The molecule has 0 saturated heterocycles. The van der Waals surface area contributed by atoms with Gasteiger partial charge in [-0.25, -0.2) is 0 Å². The number of benzene rings is 1. The van der Waals surface area contributed by atoms with Crippen molar-refractivity contribution in [3.05, 3.63) is 18.2 Å². The van der Waals surface area contributed by atoms with Crippen molar-refractivity contribution >= 4 is 11.7 Å². The molecule has 1 aromatic rings. The van der Waals surface area contributed by atoms with E-state index in [9.17, 15) is 4.79 Å². The Morgan fingerprint density at radius 3 is 2.72 bits per heavy atom. The van der Waals surface area contributed by atoms with Crippen molar-refractivity contribution < 1.29 is 19.4 Å². The molecule has 0 aromatic heterocycles. The summed E-state index contributed by atoms with van der Waals surface area (Å²) in [5, 5.41) is 8.80. The molecule has 0 bridgehead atoms. The van der Waals surface area contributed by atoms with E-state index in [-0.39, 0.29) is 12.5 Å². The van der Waals surface area contributed by atoms with Crippen LogP contribution in [0.2, 0.25) is 0 Å². The zero-order valence-corrected chi connectivity index (χ0v) is 10.5. The first-order chi connectivity index (χ1) is 8.58. The van der Waals surface area contributed by atoms with Crippen molar-refractivity contribution in [1.82, 2.24) is 0 Å². The van der Waals surface area contributed by atoms with Gasteiger partial charge in [0.2, 0.25) is 0 Å². The summed E-state index contributed by atoms with van der Waals surface area (Å²) in [7, 11) is 1.87.